The van der Waals surface area contributed by atoms with Crippen molar-refractivity contribution in [2.24, 2.45) is 0 Å². The van der Waals surface area contributed by atoms with Gasteiger partial charge in [-0.25, -0.2) is 9.59 Å². The minimum Gasteiger partial charge on any atom is -0.444 e. The summed E-state index contributed by atoms with van der Waals surface area (Å²) in [7, 11) is 3.93. The third-order valence-corrected chi connectivity index (χ3v) is 5.73. The highest BCUT2D eigenvalue weighted by atomic mass is 32.1. The van der Waals surface area contributed by atoms with Crippen LogP contribution in [0.5, 0.6) is 0 Å². The number of nitrogens with zero attached hydrogens (tertiary/aromatic N) is 3. The normalized spacial score (nSPS) is 13.3. The molecule has 0 saturated heterocycles. The molecule has 0 atom stereocenters. The number of hydrogen-bond acceptors (Lipinski definition) is 7. The number of rotatable bonds is 9. The number of thiophene rings is 1. The molecule has 2 heterocycles. The average Bonchev–Trinajstić information content (AvgIpc) is 3.48. The summed E-state index contributed by atoms with van der Waals surface area (Å²) in [6, 6.07) is 3.61. The number of anilines is 2. The minimum atomic E-state index is -0.629. The highest BCUT2D eigenvalue weighted by Gasteiger charge is 2.26. The number of likely N-dealkylation sites (N-methyl/N-ethyl adjacent to an activating group) is 1. The summed E-state index contributed by atoms with van der Waals surface area (Å²) in [5, 5.41) is 11.9. The van der Waals surface area contributed by atoms with E-state index in [4.69, 9.17) is 4.74 Å². The molecule has 0 bridgehead atoms. The molecule has 1 aliphatic carbocycles. The van der Waals surface area contributed by atoms with Crippen molar-refractivity contribution in [2.45, 2.75) is 51.8 Å². The van der Waals surface area contributed by atoms with Gasteiger partial charge in [-0.05, 0) is 59.3 Å². The molecule has 190 valence electrons. The van der Waals surface area contributed by atoms with Crippen LogP contribution in [0.3, 0.4) is 0 Å². The van der Waals surface area contributed by atoms with E-state index >= 15 is 0 Å². The monoisotopic (exact) mass is 502 g/mol. The van der Waals surface area contributed by atoms with Crippen LogP contribution < -0.4 is 16.0 Å². The van der Waals surface area contributed by atoms with E-state index in [9.17, 15) is 14.4 Å². The second-order valence-corrected chi connectivity index (χ2v) is 10.5. The van der Waals surface area contributed by atoms with E-state index < -0.39 is 17.6 Å². The van der Waals surface area contributed by atoms with Crippen LogP contribution in [0.1, 0.15) is 49.7 Å². The largest absolute Gasteiger partial charge is 0.444 e. The predicted molar refractivity (Wildman–Crippen MR) is 137 cm³/mol. The number of aromatic nitrogens is 1. The van der Waals surface area contributed by atoms with Gasteiger partial charge in [0.25, 0.3) is 5.91 Å². The Morgan fingerprint density at radius 3 is 2.34 bits per heavy atom. The van der Waals surface area contributed by atoms with Crippen LogP contribution in [0.15, 0.2) is 29.1 Å². The van der Waals surface area contributed by atoms with E-state index in [0.29, 0.717) is 24.5 Å². The van der Waals surface area contributed by atoms with Crippen molar-refractivity contribution in [1.29, 1.82) is 0 Å². The third-order valence-electron chi connectivity index (χ3n) is 4.99. The summed E-state index contributed by atoms with van der Waals surface area (Å²) in [5.41, 5.74) is 1.34. The molecule has 2 aromatic rings. The van der Waals surface area contributed by atoms with E-state index in [1.165, 1.54) is 11.3 Å². The molecule has 0 aliphatic heterocycles. The van der Waals surface area contributed by atoms with Crippen LogP contribution in [0.2, 0.25) is 0 Å². The van der Waals surface area contributed by atoms with Gasteiger partial charge in [0.2, 0.25) is 0 Å². The number of ether oxygens (including phenoxy) is 1. The molecule has 11 heteroatoms. The lowest BCUT2D eigenvalue weighted by Gasteiger charge is -2.24. The van der Waals surface area contributed by atoms with Crippen molar-refractivity contribution >= 4 is 40.7 Å². The molecule has 10 nitrogen and oxygen atoms in total. The van der Waals surface area contributed by atoms with Crippen LogP contribution in [0.4, 0.5) is 21.0 Å². The van der Waals surface area contributed by atoms with Gasteiger partial charge in [0.1, 0.15) is 11.3 Å². The number of amides is 4. The van der Waals surface area contributed by atoms with Crippen LogP contribution in [0.25, 0.3) is 0 Å². The first-order valence-electron chi connectivity index (χ1n) is 11.5. The van der Waals surface area contributed by atoms with Crippen molar-refractivity contribution in [1.82, 2.24) is 20.1 Å². The Labute approximate surface area is 210 Å². The van der Waals surface area contributed by atoms with Crippen LogP contribution in [-0.4, -0.2) is 71.6 Å². The minimum absolute atomic E-state index is 0.0846. The molecule has 0 radical (unpaired) electrons. The zero-order chi connectivity index (χ0) is 25.6. The molecule has 0 spiro atoms. The van der Waals surface area contributed by atoms with Gasteiger partial charge in [-0.15, -0.1) is 11.3 Å². The lowest BCUT2D eigenvalue weighted by molar-refractivity contribution is 0.0635. The summed E-state index contributed by atoms with van der Waals surface area (Å²) in [4.78, 5) is 45.5. The SMILES string of the molecule is CN(C)CCN(Cc1ccc(C(=O)Nc2cscc2NC(=O)OC(C)(C)C)nc1)C(=O)NC1CC1. The number of urea groups is 1. The molecule has 3 N–H and O–H groups in total. The van der Waals surface area contributed by atoms with E-state index in [0.717, 1.165) is 24.9 Å². The molecule has 35 heavy (non-hydrogen) atoms. The first kappa shape index (κ1) is 26.4. The Morgan fingerprint density at radius 2 is 1.77 bits per heavy atom. The molecule has 1 fully saturated rings. The zero-order valence-corrected chi connectivity index (χ0v) is 21.7. The Morgan fingerprint density at radius 1 is 1.09 bits per heavy atom. The Bertz CT molecular complexity index is 1030. The molecule has 2 aromatic heterocycles. The average molecular weight is 503 g/mol. The van der Waals surface area contributed by atoms with Crippen molar-refractivity contribution in [3.63, 3.8) is 0 Å². The number of pyridine rings is 1. The molecule has 0 aromatic carbocycles. The van der Waals surface area contributed by atoms with Gasteiger partial charge < -0.3 is 25.2 Å². The maximum absolute atomic E-state index is 12.7. The lowest BCUT2D eigenvalue weighted by atomic mass is 10.2. The number of carbonyl (C=O) groups is 3. The maximum Gasteiger partial charge on any atom is 0.412 e. The van der Waals surface area contributed by atoms with Gasteiger partial charge in [0.15, 0.2) is 0 Å². The zero-order valence-electron chi connectivity index (χ0n) is 20.9. The topological polar surface area (TPSA) is 116 Å². The highest BCUT2D eigenvalue weighted by molar-refractivity contribution is 7.09. The van der Waals surface area contributed by atoms with E-state index in [-0.39, 0.29) is 17.8 Å². The van der Waals surface area contributed by atoms with Crippen molar-refractivity contribution in [3.05, 3.63) is 40.3 Å². The maximum atomic E-state index is 12.7. The van der Waals surface area contributed by atoms with Gasteiger partial charge in [-0.1, -0.05) is 6.07 Å². The first-order chi connectivity index (χ1) is 16.5. The van der Waals surface area contributed by atoms with Crippen LogP contribution in [-0.2, 0) is 11.3 Å². The van der Waals surface area contributed by atoms with Crippen molar-refractivity contribution in [2.75, 3.05) is 37.8 Å². The highest BCUT2D eigenvalue weighted by Crippen LogP contribution is 2.27. The second-order valence-electron chi connectivity index (χ2n) is 9.78. The summed E-state index contributed by atoms with van der Waals surface area (Å²) in [6.07, 6.45) is 3.06. The molecular formula is C24H34N6O4S. The summed E-state index contributed by atoms with van der Waals surface area (Å²) in [5.74, 6) is -0.405. The van der Waals surface area contributed by atoms with E-state index in [2.05, 4.69) is 20.9 Å². The van der Waals surface area contributed by atoms with Gasteiger partial charge in [0, 0.05) is 42.6 Å². The third kappa shape index (κ3) is 8.84. The fraction of sp³-hybridized carbons (Fsp3) is 0.500. The Balaban J connectivity index is 1.60. The summed E-state index contributed by atoms with van der Waals surface area (Å²) in [6.45, 7) is 7.05. The van der Waals surface area contributed by atoms with Crippen LogP contribution >= 0.6 is 11.3 Å². The number of carbonyl (C=O) groups excluding carboxylic acids is 3. The van der Waals surface area contributed by atoms with Crippen LogP contribution in [0, 0.1) is 0 Å². The van der Waals surface area contributed by atoms with Gasteiger partial charge in [-0.2, -0.15) is 0 Å². The smallest absolute Gasteiger partial charge is 0.412 e. The quantitative estimate of drug-likeness (QED) is 0.478. The van der Waals surface area contributed by atoms with Crippen molar-refractivity contribution in [3.8, 4) is 0 Å². The Hall–Kier alpha value is -3.18. The molecule has 0 unspecified atom stereocenters. The molecule has 4 amide bonds. The second kappa shape index (κ2) is 11.5. The summed E-state index contributed by atoms with van der Waals surface area (Å²) >= 11 is 1.34. The molecular weight excluding hydrogens is 468 g/mol. The summed E-state index contributed by atoms with van der Waals surface area (Å²) < 4.78 is 5.27. The van der Waals surface area contributed by atoms with Gasteiger partial charge in [-0.3, -0.25) is 15.1 Å². The lowest BCUT2D eigenvalue weighted by Crippen LogP contribution is -2.43. The molecule has 1 aliphatic rings. The van der Waals surface area contributed by atoms with Gasteiger partial charge >= 0.3 is 12.1 Å². The van der Waals surface area contributed by atoms with E-state index in [1.54, 1.807) is 54.8 Å². The van der Waals surface area contributed by atoms with E-state index in [1.807, 2.05) is 19.0 Å². The van der Waals surface area contributed by atoms with Crippen molar-refractivity contribution < 1.29 is 19.1 Å². The fourth-order valence-electron chi connectivity index (χ4n) is 3.03. The van der Waals surface area contributed by atoms with Gasteiger partial charge in [0.05, 0.1) is 11.4 Å². The Kier molecular flexibility index (Phi) is 8.68. The predicted octanol–water partition coefficient (Wildman–Crippen LogP) is 3.98. The number of hydrogen-bond donors (Lipinski definition) is 3. The number of nitrogens with one attached hydrogen (secondary N) is 3. The molecule has 3 rings (SSSR count). The molecule has 1 saturated carbocycles. The fourth-order valence-corrected chi connectivity index (χ4v) is 3.74. The standard InChI is InChI=1S/C24H34N6O4S/c1-24(2,3)34-23(33)28-20-15-35-14-19(20)27-21(31)18-9-6-16(12-25-18)13-30(11-10-29(4)5)22(32)26-17-7-8-17/h6,9,12,14-15,17H,7-8,10-11,13H2,1-5H3,(H,26,32)(H,27,31)(H,28,33). The first-order valence-corrected chi connectivity index (χ1v) is 12.5.